The number of nitrogens with zero attached hydrogens (tertiary/aromatic N) is 1. The van der Waals surface area contributed by atoms with Crippen molar-refractivity contribution >= 4 is 12.0 Å². The van der Waals surface area contributed by atoms with Gasteiger partial charge in [-0.15, -0.1) is 0 Å². The van der Waals surface area contributed by atoms with E-state index in [0.717, 1.165) is 25.7 Å². The highest BCUT2D eigenvalue weighted by atomic mass is 16.4. The second kappa shape index (κ2) is 6.64. The van der Waals surface area contributed by atoms with Gasteiger partial charge in [-0.25, -0.2) is 9.59 Å². The van der Waals surface area contributed by atoms with Gasteiger partial charge in [0.2, 0.25) is 0 Å². The maximum atomic E-state index is 12.4. The molecule has 2 fully saturated rings. The van der Waals surface area contributed by atoms with Gasteiger partial charge < -0.3 is 20.4 Å². The molecule has 1 aliphatic heterocycles. The summed E-state index contributed by atoms with van der Waals surface area (Å²) in [6, 6.07) is -0.301. The van der Waals surface area contributed by atoms with Crippen molar-refractivity contribution in [2.75, 3.05) is 19.7 Å². The largest absolute Gasteiger partial charge is 0.480 e. The number of urea groups is 1. The van der Waals surface area contributed by atoms with E-state index in [9.17, 15) is 19.8 Å². The van der Waals surface area contributed by atoms with Crippen LogP contribution in [0.1, 0.15) is 45.4 Å². The van der Waals surface area contributed by atoms with Gasteiger partial charge in [-0.3, -0.25) is 0 Å². The Labute approximate surface area is 125 Å². The second-order valence-electron chi connectivity index (χ2n) is 6.66. The predicted octanol–water partition coefficient (Wildman–Crippen LogP) is 1.43. The molecule has 3 unspecified atom stereocenters. The Hall–Kier alpha value is -1.30. The van der Waals surface area contributed by atoms with Gasteiger partial charge in [0.15, 0.2) is 0 Å². The molecule has 3 N–H and O–H groups in total. The summed E-state index contributed by atoms with van der Waals surface area (Å²) in [6.07, 6.45) is 4.60. The first kappa shape index (κ1) is 16.1. The fourth-order valence-electron chi connectivity index (χ4n) is 3.59. The van der Waals surface area contributed by atoms with Crippen LogP contribution in [0.25, 0.3) is 0 Å². The van der Waals surface area contributed by atoms with Crippen molar-refractivity contribution in [1.29, 1.82) is 0 Å². The molecule has 2 amide bonds. The first-order chi connectivity index (χ1) is 9.97. The lowest BCUT2D eigenvalue weighted by Crippen LogP contribution is -2.60. The number of aliphatic hydroxyl groups is 1. The summed E-state index contributed by atoms with van der Waals surface area (Å²) in [6.45, 7) is 3.25. The van der Waals surface area contributed by atoms with Gasteiger partial charge in [0.05, 0.1) is 0 Å². The number of aliphatic carboxylic acids is 1. The average molecular weight is 298 g/mol. The van der Waals surface area contributed by atoms with Gasteiger partial charge in [-0.1, -0.05) is 19.8 Å². The zero-order valence-electron chi connectivity index (χ0n) is 12.7. The van der Waals surface area contributed by atoms with Gasteiger partial charge in [0, 0.05) is 19.7 Å². The molecular weight excluding hydrogens is 272 g/mol. The molecule has 6 heteroatoms. The molecule has 21 heavy (non-hydrogen) atoms. The highest BCUT2D eigenvalue weighted by Crippen LogP contribution is 2.33. The topological polar surface area (TPSA) is 89.9 Å². The minimum atomic E-state index is -1.12. The van der Waals surface area contributed by atoms with Crippen LogP contribution in [0.3, 0.4) is 0 Å². The molecule has 0 aromatic carbocycles. The number of rotatable bonds is 3. The quantitative estimate of drug-likeness (QED) is 0.735. The molecule has 0 bridgehead atoms. The number of aliphatic hydroxyl groups excluding tert-OH is 1. The van der Waals surface area contributed by atoms with Crippen molar-refractivity contribution in [3.8, 4) is 0 Å². The smallest absolute Gasteiger partial charge is 0.329 e. The van der Waals surface area contributed by atoms with E-state index < -0.39 is 11.5 Å². The lowest BCUT2D eigenvalue weighted by molar-refractivity contribution is -0.146. The van der Waals surface area contributed by atoms with Gasteiger partial charge in [0.25, 0.3) is 0 Å². The van der Waals surface area contributed by atoms with E-state index in [2.05, 4.69) is 5.32 Å². The van der Waals surface area contributed by atoms with Crippen LogP contribution in [-0.4, -0.2) is 52.3 Å². The van der Waals surface area contributed by atoms with Crippen LogP contribution in [-0.2, 0) is 4.79 Å². The Kier molecular flexibility index (Phi) is 5.08. The third-order valence-electron chi connectivity index (χ3n) is 4.82. The van der Waals surface area contributed by atoms with Crippen molar-refractivity contribution in [2.24, 2.45) is 11.8 Å². The van der Waals surface area contributed by atoms with Crippen LogP contribution >= 0.6 is 0 Å². The minimum Gasteiger partial charge on any atom is -0.480 e. The summed E-state index contributed by atoms with van der Waals surface area (Å²) in [4.78, 5) is 25.7. The summed E-state index contributed by atoms with van der Waals surface area (Å²) >= 11 is 0. The van der Waals surface area contributed by atoms with Gasteiger partial charge >= 0.3 is 12.0 Å². The minimum absolute atomic E-state index is 0.0743. The van der Waals surface area contributed by atoms with E-state index >= 15 is 0 Å². The summed E-state index contributed by atoms with van der Waals surface area (Å²) in [5.74, 6) is -0.518. The normalized spacial score (nSPS) is 33.5. The fraction of sp³-hybridized carbons (Fsp3) is 0.867. The third kappa shape index (κ3) is 3.67. The Morgan fingerprint density at radius 2 is 2.10 bits per heavy atom. The molecular formula is C15H26N2O4. The summed E-state index contributed by atoms with van der Waals surface area (Å²) < 4.78 is 0. The number of piperidine rings is 1. The number of nitrogens with one attached hydrogen (secondary N) is 1. The summed E-state index contributed by atoms with van der Waals surface area (Å²) in [5.41, 5.74) is -1.12. The monoisotopic (exact) mass is 298 g/mol. The number of hydrogen-bond acceptors (Lipinski definition) is 3. The number of amides is 2. The Morgan fingerprint density at radius 1 is 1.33 bits per heavy atom. The number of carboxylic acids is 1. The fourth-order valence-corrected chi connectivity index (χ4v) is 3.59. The van der Waals surface area contributed by atoms with E-state index in [0.29, 0.717) is 31.8 Å². The number of hydrogen-bond donors (Lipinski definition) is 3. The molecule has 1 aliphatic carbocycles. The van der Waals surface area contributed by atoms with Crippen LogP contribution in [0.4, 0.5) is 4.79 Å². The number of likely N-dealkylation sites (tertiary alicyclic amines) is 1. The van der Waals surface area contributed by atoms with Crippen LogP contribution in [0.5, 0.6) is 0 Å². The van der Waals surface area contributed by atoms with E-state index in [4.69, 9.17) is 0 Å². The predicted molar refractivity (Wildman–Crippen MR) is 77.9 cm³/mol. The molecule has 120 valence electrons. The van der Waals surface area contributed by atoms with Crippen LogP contribution in [0.2, 0.25) is 0 Å². The lowest BCUT2D eigenvalue weighted by atomic mass is 9.76. The number of carboxylic acid groups (broad SMARTS) is 1. The van der Waals surface area contributed by atoms with Crippen molar-refractivity contribution in [3.63, 3.8) is 0 Å². The van der Waals surface area contributed by atoms with Crippen molar-refractivity contribution in [2.45, 2.75) is 51.0 Å². The maximum absolute atomic E-state index is 12.4. The van der Waals surface area contributed by atoms with E-state index in [1.54, 1.807) is 4.90 Å². The second-order valence-corrected chi connectivity index (χ2v) is 6.66. The van der Waals surface area contributed by atoms with Crippen LogP contribution in [0, 0.1) is 11.8 Å². The summed E-state index contributed by atoms with van der Waals surface area (Å²) in [7, 11) is 0. The Balaban J connectivity index is 2.03. The van der Waals surface area contributed by atoms with E-state index in [1.807, 2.05) is 6.92 Å². The van der Waals surface area contributed by atoms with Crippen molar-refractivity contribution in [1.82, 2.24) is 10.2 Å². The van der Waals surface area contributed by atoms with Gasteiger partial charge in [0.1, 0.15) is 5.54 Å². The van der Waals surface area contributed by atoms with Crippen molar-refractivity contribution < 1.29 is 19.8 Å². The van der Waals surface area contributed by atoms with E-state index in [1.165, 1.54) is 0 Å². The molecule has 2 rings (SSSR count). The first-order valence-electron chi connectivity index (χ1n) is 7.88. The molecule has 3 atom stereocenters. The lowest BCUT2D eigenvalue weighted by Gasteiger charge is -2.40. The highest BCUT2D eigenvalue weighted by Gasteiger charge is 2.44. The Morgan fingerprint density at radius 3 is 2.71 bits per heavy atom. The number of carbonyl (C=O) groups is 2. The zero-order chi connectivity index (χ0) is 15.5. The maximum Gasteiger partial charge on any atom is 0.329 e. The standard InChI is InChI=1S/C15H26N2O4/c1-11-4-2-6-15(8-11,13(19)20)16-14(21)17-7-3-5-12(9-17)10-18/h11-12,18H,2-10H2,1H3,(H,16,21)(H,19,20). The zero-order valence-corrected chi connectivity index (χ0v) is 12.7. The summed E-state index contributed by atoms with van der Waals surface area (Å²) in [5, 5.41) is 21.6. The highest BCUT2D eigenvalue weighted by molar-refractivity contribution is 5.86. The molecule has 0 aromatic rings. The molecule has 1 saturated heterocycles. The molecule has 0 aromatic heterocycles. The van der Waals surface area contributed by atoms with E-state index in [-0.39, 0.29) is 18.6 Å². The molecule has 1 saturated carbocycles. The Bertz CT molecular complexity index is 401. The van der Waals surface area contributed by atoms with Crippen LogP contribution in [0.15, 0.2) is 0 Å². The molecule has 0 radical (unpaired) electrons. The van der Waals surface area contributed by atoms with Gasteiger partial charge in [-0.2, -0.15) is 0 Å². The third-order valence-corrected chi connectivity index (χ3v) is 4.82. The first-order valence-corrected chi connectivity index (χ1v) is 7.88. The van der Waals surface area contributed by atoms with Crippen molar-refractivity contribution in [3.05, 3.63) is 0 Å². The SMILES string of the molecule is CC1CCCC(NC(=O)N2CCCC(CO)C2)(C(=O)O)C1. The van der Waals surface area contributed by atoms with Crippen LogP contribution < -0.4 is 5.32 Å². The molecule has 2 aliphatic rings. The average Bonchev–Trinajstić information content (AvgIpc) is 2.47. The molecule has 1 heterocycles. The number of carbonyl (C=O) groups excluding carboxylic acids is 1. The van der Waals surface area contributed by atoms with Gasteiger partial charge in [-0.05, 0) is 37.5 Å². The molecule has 0 spiro atoms. The molecule has 6 nitrogen and oxygen atoms in total.